The number of rotatable bonds is 8. The van der Waals surface area contributed by atoms with E-state index in [1.165, 1.54) is 26.2 Å². The van der Waals surface area contributed by atoms with Crippen LogP contribution in [-0.4, -0.2) is 55.6 Å². The zero-order valence-corrected chi connectivity index (χ0v) is 19.9. The quantitative estimate of drug-likeness (QED) is 0.389. The van der Waals surface area contributed by atoms with Crippen LogP contribution >= 0.6 is 22.9 Å². The summed E-state index contributed by atoms with van der Waals surface area (Å²) in [5.41, 5.74) is 0.00231. The van der Waals surface area contributed by atoms with Crippen molar-refractivity contribution < 1.29 is 23.1 Å². The Labute approximate surface area is 190 Å². The first-order chi connectivity index (χ1) is 14.5. The number of aryl methyl sites for hydroxylation is 1. The molecule has 2 aromatic rings. The molecule has 1 fully saturated rings. The van der Waals surface area contributed by atoms with Crippen molar-refractivity contribution in [3.05, 3.63) is 39.0 Å². The molecule has 0 spiro atoms. The number of nitrogens with one attached hydrogen (secondary N) is 2. The normalized spacial score (nSPS) is 20.1. The van der Waals surface area contributed by atoms with E-state index in [1.807, 2.05) is 26.0 Å². The first-order valence-corrected chi connectivity index (χ1v) is 12.2. The van der Waals surface area contributed by atoms with E-state index in [4.69, 9.17) is 11.6 Å². The van der Waals surface area contributed by atoms with E-state index in [0.717, 1.165) is 14.1 Å². The van der Waals surface area contributed by atoms with Crippen LogP contribution < -0.4 is 10.6 Å². The Bertz CT molecular complexity index is 1130. The minimum atomic E-state index is -4.03. The highest BCUT2D eigenvalue weighted by molar-refractivity contribution is 7.89. The molecule has 3 rings (SSSR count). The summed E-state index contributed by atoms with van der Waals surface area (Å²) in [5, 5.41) is 16.5. The number of phenols is 1. The van der Waals surface area contributed by atoms with Crippen LogP contribution in [0.4, 0.5) is 5.69 Å². The minimum absolute atomic E-state index is 0.00231. The lowest BCUT2D eigenvalue weighted by Crippen LogP contribution is -2.67. The fraction of sp³-hybridized carbons (Fsp3) is 0.400. The number of nitrogens with zero attached hydrogens (tertiary/aromatic N) is 1. The molecule has 8 nitrogen and oxygen atoms in total. The minimum Gasteiger partial charge on any atom is -0.504 e. The van der Waals surface area contributed by atoms with Gasteiger partial charge in [-0.25, -0.2) is 12.7 Å². The van der Waals surface area contributed by atoms with Gasteiger partial charge in [0.15, 0.2) is 5.75 Å². The van der Waals surface area contributed by atoms with Crippen molar-refractivity contribution in [2.75, 3.05) is 19.4 Å². The molecule has 3 N–H and O–H groups in total. The molecule has 0 radical (unpaired) electrons. The molecule has 0 saturated heterocycles. The Morgan fingerprint density at radius 1 is 1.16 bits per heavy atom. The number of halogens is 1. The van der Waals surface area contributed by atoms with Crippen LogP contribution in [0.15, 0.2) is 29.2 Å². The molecule has 31 heavy (non-hydrogen) atoms. The van der Waals surface area contributed by atoms with Crippen LogP contribution in [0.5, 0.6) is 5.75 Å². The van der Waals surface area contributed by atoms with Gasteiger partial charge in [-0.05, 0) is 37.6 Å². The van der Waals surface area contributed by atoms with Gasteiger partial charge in [0.05, 0.1) is 10.7 Å². The second-order valence-electron chi connectivity index (χ2n) is 7.46. The van der Waals surface area contributed by atoms with Gasteiger partial charge >= 0.3 is 0 Å². The maximum absolute atomic E-state index is 12.5. The van der Waals surface area contributed by atoms with Crippen molar-refractivity contribution in [1.29, 1.82) is 0 Å². The van der Waals surface area contributed by atoms with E-state index in [1.54, 1.807) is 11.3 Å². The van der Waals surface area contributed by atoms with E-state index in [-0.39, 0.29) is 16.8 Å². The van der Waals surface area contributed by atoms with Gasteiger partial charge in [0, 0.05) is 29.9 Å². The van der Waals surface area contributed by atoms with Crippen molar-refractivity contribution in [2.45, 2.75) is 43.3 Å². The summed E-state index contributed by atoms with van der Waals surface area (Å²) >= 11 is 7.64. The zero-order chi connectivity index (χ0) is 23.1. The van der Waals surface area contributed by atoms with Gasteiger partial charge in [0.25, 0.3) is 0 Å². The monoisotopic (exact) mass is 485 g/mol. The lowest BCUT2D eigenvalue weighted by Gasteiger charge is -2.37. The number of anilines is 1. The number of phenolic OH excluding ortho intramolecular Hbond substituents is 1. The molecule has 3 atom stereocenters. The third kappa shape index (κ3) is 4.35. The zero-order valence-electron chi connectivity index (χ0n) is 17.5. The van der Waals surface area contributed by atoms with Crippen LogP contribution in [0, 0.1) is 6.92 Å². The number of benzene rings is 1. The van der Waals surface area contributed by atoms with Crippen LogP contribution in [0.25, 0.3) is 0 Å². The smallest absolute Gasteiger partial charge is 0.247 e. The number of hydrogen-bond acceptors (Lipinski definition) is 8. The van der Waals surface area contributed by atoms with Crippen LogP contribution in [0.2, 0.25) is 5.02 Å². The number of sulfonamides is 1. The van der Waals surface area contributed by atoms with E-state index in [0.29, 0.717) is 6.42 Å². The van der Waals surface area contributed by atoms with Crippen LogP contribution in [0.1, 0.15) is 29.1 Å². The molecule has 0 amide bonds. The van der Waals surface area contributed by atoms with E-state index < -0.39 is 44.3 Å². The number of aromatic hydroxyl groups is 1. The molecule has 2 unspecified atom stereocenters. The first-order valence-electron chi connectivity index (χ1n) is 9.60. The van der Waals surface area contributed by atoms with Crippen LogP contribution in [0.3, 0.4) is 0 Å². The molecule has 0 aliphatic heterocycles. The van der Waals surface area contributed by atoms with Crippen molar-refractivity contribution in [1.82, 2.24) is 9.62 Å². The van der Waals surface area contributed by atoms with Gasteiger partial charge < -0.3 is 10.4 Å². The molecular formula is C20H24ClN3O5S2. The Hall–Kier alpha value is -1.98. The lowest BCUT2D eigenvalue weighted by atomic mass is 9.82. The fourth-order valence-electron chi connectivity index (χ4n) is 3.35. The predicted molar refractivity (Wildman–Crippen MR) is 120 cm³/mol. The molecular weight excluding hydrogens is 462 g/mol. The molecule has 1 saturated carbocycles. The van der Waals surface area contributed by atoms with E-state index >= 15 is 0 Å². The average Bonchev–Trinajstić information content (AvgIpc) is 3.14. The number of carbonyl (C=O) groups is 2. The molecule has 11 heteroatoms. The summed E-state index contributed by atoms with van der Waals surface area (Å²) in [6.45, 7) is 3.97. The number of hydrogen-bond donors (Lipinski definition) is 3. The maximum atomic E-state index is 12.5. The summed E-state index contributed by atoms with van der Waals surface area (Å²) in [5.74, 6) is -1.80. The van der Waals surface area contributed by atoms with Crippen molar-refractivity contribution in [2.24, 2.45) is 0 Å². The third-order valence-corrected chi connectivity index (χ3v) is 8.60. The largest absolute Gasteiger partial charge is 0.504 e. The second-order valence-corrected chi connectivity index (χ2v) is 11.3. The van der Waals surface area contributed by atoms with Gasteiger partial charge in [-0.3, -0.25) is 14.9 Å². The van der Waals surface area contributed by atoms with Gasteiger partial charge in [-0.15, -0.1) is 11.3 Å². The Morgan fingerprint density at radius 3 is 2.35 bits per heavy atom. The van der Waals surface area contributed by atoms with E-state index in [2.05, 4.69) is 10.6 Å². The summed E-state index contributed by atoms with van der Waals surface area (Å²) in [6, 6.07) is 4.81. The molecule has 1 aromatic heterocycles. The van der Waals surface area contributed by atoms with Gasteiger partial charge in [-0.1, -0.05) is 18.5 Å². The van der Waals surface area contributed by atoms with Crippen molar-refractivity contribution in [3.63, 3.8) is 0 Å². The molecule has 1 aromatic carbocycles. The highest BCUT2D eigenvalue weighted by atomic mass is 35.5. The SMILES string of the molecule is CC[C@@H](NC1C(=O)C(=O)C1Nc1ccc(Cl)c(S(=O)(=O)N(C)C)c1O)c1ccc(C)s1. The van der Waals surface area contributed by atoms with Crippen LogP contribution in [-0.2, 0) is 19.6 Å². The summed E-state index contributed by atoms with van der Waals surface area (Å²) in [4.78, 5) is 26.3. The summed E-state index contributed by atoms with van der Waals surface area (Å²) in [7, 11) is -1.40. The molecule has 1 aliphatic carbocycles. The molecule has 0 bridgehead atoms. The third-order valence-electron chi connectivity index (χ3n) is 5.17. The molecule has 1 heterocycles. The number of ketones is 2. The first kappa shape index (κ1) is 23.7. The highest BCUT2D eigenvalue weighted by Gasteiger charge is 2.50. The lowest BCUT2D eigenvalue weighted by molar-refractivity contribution is -0.145. The molecule has 168 valence electrons. The fourth-order valence-corrected chi connectivity index (χ4v) is 5.85. The van der Waals surface area contributed by atoms with Crippen molar-refractivity contribution in [3.8, 4) is 5.75 Å². The van der Waals surface area contributed by atoms with Gasteiger partial charge in [0.1, 0.15) is 17.0 Å². The second kappa shape index (κ2) is 8.87. The van der Waals surface area contributed by atoms with Gasteiger partial charge in [-0.2, -0.15) is 0 Å². The van der Waals surface area contributed by atoms with E-state index in [9.17, 15) is 23.1 Å². The average molecular weight is 486 g/mol. The molecule has 1 aliphatic rings. The number of Topliss-reactive ketones (excluding diaryl/α,β-unsaturated/α-hetero) is 2. The summed E-state index contributed by atoms with van der Waals surface area (Å²) < 4.78 is 26.0. The van der Waals surface area contributed by atoms with Gasteiger partial charge in [0.2, 0.25) is 21.6 Å². The Morgan fingerprint density at radius 2 is 1.81 bits per heavy atom. The number of thiophene rings is 1. The highest BCUT2D eigenvalue weighted by Crippen LogP contribution is 2.39. The van der Waals surface area contributed by atoms with Crippen molar-refractivity contribution >= 4 is 50.2 Å². The topological polar surface area (TPSA) is 116 Å². The maximum Gasteiger partial charge on any atom is 0.247 e. The number of carbonyl (C=O) groups excluding carboxylic acids is 2. The standard InChI is InChI=1S/C20H24ClN3O5S2/c1-5-12(14-9-6-10(2)30-14)22-15-16(19(27)18(15)26)23-13-8-7-11(21)20(17(13)25)31(28,29)24(3)4/h6-9,12,15-16,22-23,25H,5H2,1-4H3/t12-,15?,16?/m1/s1. The Balaban J connectivity index is 1.88. The Kier molecular flexibility index (Phi) is 6.78. The summed E-state index contributed by atoms with van der Waals surface area (Å²) in [6.07, 6.45) is 0.710. The predicted octanol–water partition coefficient (Wildman–Crippen LogP) is 2.71.